The lowest BCUT2D eigenvalue weighted by molar-refractivity contribution is -0.117. The summed E-state index contributed by atoms with van der Waals surface area (Å²) in [5, 5.41) is 4.86. The van der Waals surface area contributed by atoms with Crippen LogP contribution in [0.4, 0.5) is 10.5 Å². The van der Waals surface area contributed by atoms with E-state index in [2.05, 4.69) is 10.6 Å². The van der Waals surface area contributed by atoms with Crippen LogP contribution in [-0.4, -0.2) is 23.8 Å². The summed E-state index contributed by atoms with van der Waals surface area (Å²) in [6, 6.07) is 4.98. The van der Waals surface area contributed by atoms with Crippen LogP contribution in [0, 0.1) is 0 Å². The number of primary amides is 1. The van der Waals surface area contributed by atoms with Gasteiger partial charge in [0.1, 0.15) is 6.04 Å². The fraction of sp³-hybridized carbons (Fsp3) is 0.250. The number of benzene rings is 1. The number of nitrogens with one attached hydrogen (secondary N) is 2. The molecule has 0 aromatic heterocycles. The second-order valence-electron chi connectivity index (χ2n) is 3.85. The van der Waals surface area contributed by atoms with Crippen LogP contribution >= 0.6 is 0 Å². The summed E-state index contributed by atoms with van der Waals surface area (Å²) in [6.45, 7) is 2.98. The van der Waals surface area contributed by atoms with E-state index in [0.29, 0.717) is 11.3 Å². The van der Waals surface area contributed by atoms with Crippen molar-refractivity contribution in [2.45, 2.75) is 19.9 Å². The largest absolute Gasteiger partial charge is 0.352 e. The van der Waals surface area contributed by atoms with Crippen molar-refractivity contribution in [1.29, 1.82) is 0 Å². The zero-order valence-corrected chi connectivity index (χ0v) is 10.2. The van der Waals surface area contributed by atoms with E-state index in [1.165, 1.54) is 13.8 Å². The molecule has 96 valence electrons. The number of carbonyl (C=O) groups excluding carboxylic acids is 3. The van der Waals surface area contributed by atoms with Crippen LogP contribution in [-0.2, 0) is 4.79 Å². The molecule has 0 fully saturated rings. The smallest absolute Gasteiger partial charge is 0.312 e. The van der Waals surface area contributed by atoms with Crippen molar-refractivity contribution in [1.82, 2.24) is 5.32 Å². The number of hydrogen-bond acceptors (Lipinski definition) is 3. The quantitative estimate of drug-likeness (QED) is 0.690. The first-order chi connectivity index (χ1) is 8.40. The molecule has 1 atom stereocenters. The Balaban J connectivity index is 2.64. The third-order valence-electron chi connectivity index (χ3n) is 2.31. The van der Waals surface area contributed by atoms with Crippen LogP contribution in [0.5, 0.6) is 0 Å². The molecule has 0 saturated carbocycles. The average molecular weight is 249 g/mol. The van der Waals surface area contributed by atoms with E-state index in [0.717, 1.165) is 0 Å². The molecular weight excluding hydrogens is 234 g/mol. The molecule has 1 rings (SSSR count). The van der Waals surface area contributed by atoms with E-state index in [4.69, 9.17) is 5.73 Å². The summed E-state index contributed by atoms with van der Waals surface area (Å²) < 4.78 is 0. The molecule has 0 aliphatic carbocycles. The van der Waals surface area contributed by atoms with E-state index in [1.807, 2.05) is 0 Å². The molecule has 0 bridgehead atoms. The number of Topliss-reactive ketones (excluding diaryl/α,β-unsaturated/α-hetero) is 1. The number of carbonyl (C=O) groups is 3. The van der Waals surface area contributed by atoms with Crippen molar-refractivity contribution in [2.24, 2.45) is 5.73 Å². The minimum absolute atomic E-state index is 0.0448. The van der Waals surface area contributed by atoms with Gasteiger partial charge >= 0.3 is 6.03 Å². The molecule has 0 aliphatic rings. The van der Waals surface area contributed by atoms with Crippen molar-refractivity contribution in [3.8, 4) is 0 Å². The number of hydrogen-bond donors (Lipinski definition) is 3. The zero-order chi connectivity index (χ0) is 13.7. The van der Waals surface area contributed by atoms with Gasteiger partial charge < -0.3 is 16.4 Å². The summed E-state index contributed by atoms with van der Waals surface area (Å²) in [4.78, 5) is 33.3. The van der Waals surface area contributed by atoms with Crippen LogP contribution in [0.1, 0.15) is 24.2 Å². The number of anilines is 1. The van der Waals surface area contributed by atoms with Gasteiger partial charge in [0.05, 0.1) is 0 Å². The van der Waals surface area contributed by atoms with Crippen LogP contribution < -0.4 is 16.4 Å². The number of ketones is 1. The van der Waals surface area contributed by atoms with Crippen molar-refractivity contribution in [3.05, 3.63) is 29.8 Å². The fourth-order valence-electron chi connectivity index (χ4n) is 1.32. The molecular formula is C12H15N3O3. The number of urea groups is 1. The van der Waals surface area contributed by atoms with E-state index in [-0.39, 0.29) is 11.7 Å². The lowest BCUT2D eigenvalue weighted by atomic mass is 10.1. The highest BCUT2D eigenvalue weighted by atomic mass is 16.2. The standard InChI is InChI=1S/C12H15N3O3/c1-7(14-12(13)18)11(17)15-10-5-3-9(4-6-10)8(2)16/h3-7H,1-2H3,(H,15,17)(H3,13,14,18). The normalized spacial score (nSPS) is 11.4. The summed E-state index contributed by atoms with van der Waals surface area (Å²) in [7, 11) is 0. The SMILES string of the molecule is CC(=O)c1ccc(NC(=O)C(C)NC(N)=O)cc1. The topological polar surface area (TPSA) is 101 Å². The third-order valence-corrected chi connectivity index (χ3v) is 2.31. The predicted octanol–water partition coefficient (Wildman–Crippen LogP) is 0.885. The van der Waals surface area contributed by atoms with Gasteiger partial charge in [-0.15, -0.1) is 0 Å². The van der Waals surface area contributed by atoms with Gasteiger partial charge in [0.15, 0.2) is 5.78 Å². The van der Waals surface area contributed by atoms with Gasteiger partial charge in [-0.1, -0.05) is 0 Å². The minimum Gasteiger partial charge on any atom is -0.352 e. The Morgan fingerprint density at radius 1 is 1.17 bits per heavy atom. The zero-order valence-electron chi connectivity index (χ0n) is 10.2. The average Bonchev–Trinajstić information content (AvgIpc) is 2.28. The molecule has 0 saturated heterocycles. The maximum Gasteiger partial charge on any atom is 0.312 e. The van der Waals surface area contributed by atoms with Crippen LogP contribution in [0.25, 0.3) is 0 Å². The predicted molar refractivity (Wildman–Crippen MR) is 67.3 cm³/mol. The summed E-state index contributed by atoms with van der Waals surface area (Å²) in [5.74, 6) is -0.430. The highest BCUT2D eigenvalue weighted by Gasteiger charge is 2.13. The molecule has 0 aliphatic heterocycles. The lowest BCUT2D eigenvalue weighted by Gasteiger charge is -2.12. The summed E-state index contributed by atoms with van der Waals surface area (Å²) in [5.41, 5.74) is 6.02. The first-order valence-electron chi connectivity index (χ1n) is 5.38. The molecule has 18 heavy (non-hydrogen) atoms. The van der Waals surface area contributed by atoms with Gasteiger partial charge in [-0.2, -0.15) is 0 Å². The first kappa shape index (κ1) is 13.7. The Morgan fingerprint density at radius 3 is 2.17 bits per heavy atom. The summed E-state index contributed by atoms with van der Waals surface area (Å²) >= 11 is 0. The number of nitrogens with two attached hydrogens (primary N) is 1. The van der Waals surface area contributed by atoms with E-state index >= 15 is 0 Å². The van der Waals surface area contributed by atoms with Crippen molar-refractivity contribution >= 4 is 23.4 Å². The minimum atomic E-state index is -0.760. The lowest BCUT2D eigenvalue weighted by Crippen LogP contribution is -2.44. The highest BCUT2D eigenvalue weighted by molar-refractivity contribution is 5.98. The molecule has 3 amide bonds. The second-order valence-corrected chi connectivity index (χ2v) is 3.85. The van der Waals surface area contributed by atoms with Gasteiger partial charge in [-0.3, -0.25) is 9.59 Å². The number of amides is 3. The Labute approximate surface area is 105 Å². The van der Waals surface area contributed by atoms with Gasteiger partial charge in [0, 0.05) is 11.3 Å². The van der Waals surface area contributed by atoms with E-state index < -0.39 is 12.1 Å². The van der Waals surface area contributed by atoms with Crippen LogP contribution in [0.2, 0.25) is 0 Å². The van der Waals surface area contributed by atoms with Gasteiger partial charge in [-0.25, -0.2) is 4.79 Å². The van der Waals surface area contributed by atoms with Gasteiger partial charge in [0.25, 0.3) is 0 Å². The fourth-order valence-corrected chi connectivity index (χ4v) is 1.32. The molecule has 0 spiro atoms. The Hall–Kier alpha value is -2.37. The molecule has 0 heterocycles. The Kier molecular flexibility index (Phi) is 4.42. The van der Waals surface area contributed by atoms with Crippen molar-refractivity contribution in [3.63, 3.8) is 0 Å². The van der Waals surface area contributed by atoms with Crippen LogP contribution in [0.3, 0.4) is 0 Å². The van der Waals surface area contributed by atoms with E-state index in [1.54, 1.807) is 24.3 Å². The first-order valence-corrected chi connectivity index (χ1v) is 5.38. The van der Waals surface area contributed by atoms with Crippen molar-refractivity contribution in [2.75, 3.05) is 5.32 Å². The maximum absolute atomic E-state index is 11.6. The molecule has 6 heteroatoms. The summed E-state index contributed by atoms with van der Waals surface area (Å²) in [6.07, 6.45) is 0. The van der Waals surface area contributed by atoms with E-state index in [9.17, 15) is 14.4 Å². The van der Waals surface area contributed by atoms with Crippen LogP contribution in [0.15, 0.2) is 24.3 Å². The molecule has 1 unspecified atom stereocenters. The second kappa shape index (κ2) is 5.81. The maximum atomic E-state index is 11.6. The third kappa shape index (κ3) is 3.89. The number of rotatable bonds is 4. The van der Waals surface area contributed by atoms with Crippen molar-refractivity contribution < 1.29 is 14.4 Å². The monoisotopic (exact) mass is 249 g/mol. The molecule has 0 radical (unpaired) electrons. The molecule has 1 aromatic rings. The van der Waals surface area contributed by atoms with Gasteiger partial charge in [0.2, 0.25) is 5.91 Å². The van der Waals surface area contributed by atoms with Gasteiger partial charge in [-0.05, 0) is 38.1 Å². The molecule has 4 N–H and O–H groups in total. The Bertz CT molecular complexity index is 468. The molecule has 6 nitrogen and oxygen atoms in total. The molecule has 1 aromatic carbocycles. The Morgan fingerprint density at radius 2 is 1.72 bits per heavy atom. The highest BCUT2D eigenvalue weighted by Crippen LogP contribution is 2.10.